The highest BCUT2D eigenvalue weighted by atomic mass is 35.5. The van der Waals surface area contributed by atoms with E-state index in [1.807, 2.05) is 18.7 Å². The number of likely N-dealkylation sites (tertiary alicyclic amines) is 1. The lowest BCUT2D eigenvalue weighted by molar-refractivity contribution is -0.136. The number of nitrogens with zero attached hydrogens (tertiary/aromatic N) is 1. The molecule has 3 amide bonds. The van der Waals surface area contributed by atoms with Crippen LogP contribution in [-0.2, 0) is 14.6 Å². The second-order valence-corrected chi connectivity index (χ2v) is 9.55. The number of piperidine rings is 1. The zero-order valence-corrected chi connectivity index (χ0v) is 18.1. The molecule has 0 unspecified atom stereocenters. The Morgan fingerprint density at radius 2 is 1.82 bits per heavy atom. The van der Waals surface area contributed by atoms with E-state index in [1.165, 1.54) is 18.2 Å². The van der Waals surface area contributed by atoms with Crippen LogP contribution in [0.15, 0.2) is 23.1 Å². The molecule has 156 valence electrons. The fraction of sp³-hybridized carbons (Fsp3) is 0.579. The Morgan fingerprint density at radius 3 is 2.36 bits per heavy atom. The Hall–Kier alpha value is -1.80. The molecule has 0 aromatic heterocycles. The standard InChI is InChI=1S/C19H28ClN3O4S/c1-4-13(5-2)18(24)23-10-8-14(9-11-23)21-19(25)22-17-12-15(28(3,26)27)6-7-16(17)20/h6-7,12-14H,4-5,8-11H2,1-3H3,(H2,21,22,25). The molecule has 0 bridgehead atoms. The number of hydrogen-bond donors (Lipinski definition) is 2. The summed E-state index contributed by atoms with van der Waals surface area (Å²) in [6.45, 7) is 5.28. The number of halogens is 1. The molecule has 2 N–H and O–H groups in total. The maximum atomic E-state index is 12.4. The van der Waals surface area contributed by atoms with Crippen molar-refractivity contribution in [2.75, 3.05) is 24.7 Å². The second kappa shape index (κ2) is 9.60. The third-order valence-corrected chi connectivity index (χ3v) is 6.53. The normalized spacial score (nSPS) is 15.5. The van der Waals surface area contributed by atoms with Crippen molar-refractivity contribution < 1.29 is 18.0 Å². The van der Waals surface area contributed by atoms with E-state index in [0.29, 0.717) is 25.9 Å². The molecular formula is C19H28ClN3O4S. The van der Waals surface area contributed by atoms with Gasteiger partial charge in [-0.15, -0.1) is 0 Å². The smallest absolute Gasteiger partial charge is 0.319 e. The molecule has 0 atom stereocenters. The van der Waals surface area contributed by atoms with Crippen LogP contribution in [0.1, 0.15) is 39.5 Å². The van der Waals surface area contributed by atoms with Crippen LogP contribution in [0.2, 0.25) is 5.02 Å². The number of anilines is 1. The molecule has 0 saturated carbocycles. The van der Waals surface area contributed by atoms with E-state index in [9.17, 15) is 18.0 Å². The molecule has 28 heavy (non-hydrogen) atoms. The van der Waals surface area contributed by atoms with Gasteiger partial charge in [0.2, 0.25) is 5.91 Å². The minimum absolute atomic E-state index is 0.0531. The van der Waals surface area contributed by atoms with Gasteiger partial charge in [-0.1, -0.05) is 25.4 Å². The van der Waals surface area contributed by atoms with Crippen molar-refractivity contribution in [3.8, 4) is 0 Å². The minimum Gasteiger partial charge on any atom is -0.342 e. The summed E-state index contributed by atoms with van der Waals surface area (Å²) in [5.74, 6) is 0.259. The Labute approximate surface area is 171 Å². The van der Waals surface area contributed by atoms with Crippen molar-refractivity contribution in [2.45, 2.75) is 50.5 Å². The maximum Gasteiger partial charge on any atom is 0.319 e. The van der Waals surface area contributed by atoms with Crippen LogP contribution in [0.4, 0.5) is 10.5 Å². The van der Waals surface area contributed by atoms with Gasteiger partial charge in [-0.25, -0.2) is 13.2 Å². The maximum absolute atomic E-state index is 12.4. The first-order chi connectivity index (χ1) is 13.2. The zero-order chi connectivity index (χ0) is 20.9. The molecule has 9 heteroatoms. The van der Waals surface area contributed by atoms with Crippen molar-refractivity contribution in [1.82, 2.24) is 10.2 Å². The van der Waals surface area contributed by atoms with Crippen molar-refractivity contribution in [3.05, 3.63) is 23.2 Å². The highest BCUT2D eigenvalue weighted by Gasteiger charge is 2.27. The van der Waals surface area contributed by atoms with Gasteiger partial charge in [0.1, 0.15) is 0 Å². The first-order valence-corrected chi connectivity index (χ1v) is 11.8. The van der Waals surface area contributed by atoms with Gasteiger partial charge >= 0.3 is 6.03 Å². The van der Waals surface area contributed by atoms with Crippen LogP contribution >= 0.6 is 11.6 Å². The number of sulfone groups is 1. The van der Waals surface area contributed by atoms with Gasteiger partial charge in [-0.2, -0.15) is 0 Å². The van der Waals surface area contributed by atoms with Crippen LogP contribution in [0.25, 0.3) is 0 Å². The van der Waals surface area contributed by atoms with E-state index in [0.717, 1.165) is 19.1 Å². The fourth-order valence-corrected chi connectivity index (χ4v) is 4.13. The Bertz CT molecular complexity index is 816. The molecule has 0 spiro atoms. The van der Waals surface area contributed by atoms with Crippen LogP contribution in [0.5, 0.6) is 0 Å². The highest BCUT2D eigenvalue weighted by Crippen LogP contribution is 2.25. The molecule has 0 radical (unpaired) electrons. The number of nitrogens with one attached hydrogen (secondary N) is 2. The summed E-state index contributed by atoms with van der Waals surface area (Å²) >= 11 is 6.06. The molecule has 0 aliphatic carbocycles. The average molecular weight is 430 g/mol. The highest BCUT2D eigenvalue weighted by molar-refractivity contribution is 7.90. The number of amides is 3. The van der Waals surface area contributed by atoms with Gasteiger partial charge in [0.25, 0.3) is 0 Å². The summed E-state index contributed by atoms with van der Waals surface area (Å²) in [7, 11) is -3.40. The van der Waals surface area contributed by atoms with E-state index >= 15 is 0 Å². The number of benzene rings is 1. The number of rotatable bonds is 6. The lowest BCUT2D eigenvalue weighted by Crippen LogP contribution is -2.48. The molecule has 1 saturated heterocycles. The third kappa shape index (κ3) is 5.85. The van der Waals surface area contributed by atoms with Gasteiger partial charge in [0.15, 0.2) is 9.84 Å². The summed E-state index contributed by atoms with van der Waals surface area (Å²) < 4.78 is 23.3. The van der Waals surface area contributed by atoms with Crippen LogP contribution in [0, 0.1) is 5.92 Å². The summed E-state index contributed by atoms with van der Waals surface area (Å²) in [6, 6.07) is 3.68. The van der Waals surface area contributed by atoms with Crippen LogP contribution < -0.4 is 10.6 Å². The molecule has 7 nitrogen and oxygen atoms in total. The van der Waals surface area contributed by atoms with Gasteiger partial charge in [-0.05, 0) is 43.9 Å². The average Bonchev–Trinajstić information content (AvgIpc) is 2.64. The molecule has 1 aromatic rings. The van der Waals surface area contributed by atoms with Crippen LogP contribution in [-0.4, -0.2) is 50.6 Å². The third-order valence-electron chi connectivity index (χ3n) is 5.09. The first kappa shape index (κ1) is 22.5. The van der Waals surface area contributed by atoms with Crippen molar-refractivity contribution >= 4 is 39.1 Å². The lowest BCUT2D eigenvalue weighted by Gasteiger charge is -2.34. The molecule has 1 aliphatic heterocycles. The minimum atomic E-state index is -3.40. The van der Waals surface area contributed by atoms with Crippen molar-refractivity contribution in [1.29, 1.82) is 0 Å². The van der Waals surface area contributed by atoms with Crippen molar-refractivity contribution in [2.24, 2.45) is 5.92 Å². The van der Waals surface area contributed by atoms with E-state index in [2.05, 4.69) is 10.6 Å². The molecule has 1 aromatic carbocycles. The molecular weight excluding hydrogens is 402 g/mol. The van der Waals surface area contributed by atoms with Gasteiger partial charge in [-0.3, -0.25) is 4.79 Å². The Kier molecular flexibility index (Phi) is 7.71. The molecule has 1 fully saturated rings. The largest absolute Gasteiger partial charge is 0.342 e. The summed E-state index contributed by atoms with van der Waals surface area (Å²) in [5.41, 5.74) is 0.239. The van der Waals surface area contributed by atoms with E-state index in [4.69, 9.17) is 11.6 Å². The number of urea groups is 1. The summed E-state index contributed by atoms with van der Waals surface area (Å²) in [4.78, 5) is 26.7. The number of hydrogen-bond acceptors (Lipinski definition) is 4. The van der Waals surface area contributed by atoms with Crippen molar-refractivity contribution in [3.63, 3.8) is 0 Å². The number of carbonyl (C=O) groups excluding carboxylic acids is 2. The summed E-state index contributed by atoms with van der Waals surface area (Å²) in [5, 5.41) is 5.74. The predicted molar refractivity (Wildman–Crippen MR) is 110 cm³/mol. The summed E-state index contributed by atoms with van der Waals surface area (Å²) in [6.07, 6.45) is 4.12. The quantitative estimate of drug-likeness (QED) is 0.725. The molecule has 2 rings (SSSR count). The van der Waals surface area contributed by atoms with Crippen LogP contribution in [0.3, 0.4) is 0 Å². The molecule has 1 aliphatic rings. The van der Waals surface area contributed by atoms with E-state index in [-0.39, 0.29) is 33.5 Å². The number of carbonyl (C=O) groups is 2. The second-order valence-electron chi connectivity index (χ2n) is 7.13. The first-order valence-electron chi connectivity index (χ1n) is 9.51. The van der Waals surface area contributed by atoms with Gasteiger partial charge < -0.3 is 15.5 Å². The fourth-order valence-electron chi connectivity index (χ4n) is 3.31. The molecule has 1 heterocycles. The van der Waals surface area contributed by atoms with Gasteiger partial charge in [0, 0.05) is 31.3 Å². The SMILES string of the molecule is CCC(CC)C(=O)N1CCC(NC(=O)Nc2cc(S(C)(=O)=O)ccc2Cl)CC1. The Morgan fingerprint density at radius 1 is 1.21 bits per heavy atom. The van der Waals surface area contributed by atoms with E-state index < -0.39 is 15.9 Å². The lowest BCUT2D eigenvalue weighted by atomic mass is 9.98. The Balaban J connectivity index is 1.91. The topological polar surface area (TPSA) is 95.6 Å². The zero-order valence-electron chi connectivity index (χ0n) is 16.5. The van der Waals surface area contributed by atoms with E-state index in [1.54, 1.807) is 0 Å². The van der Waals surface area contributed by atoms with Gasteiger partial charge in [0.05, 0.1) is 15.6 Å². The monoisotopic (exact) mass is 429 g/mol. The predicted octanol–water partition coefficient (Wildman–Crippen LogP) is 3.29.